The third-order valence-electron chi connectivity index (χ3n) is 4.04. The topological polar surface area (TPSA) is 42.4 Å². The number of hydrogen-bond donors (Lipinski definition) is 0. The molecule has 0 N–H and O–H groups in total. The van der Waals surface area contributed by atoms with Gasteiger partial charge in [0.05, 0.1) is 0 Å². The Balaban J connectivity index is 1.66. The van der Waals surface area contributed by atoms with Crippen molar-refractivity contribution in [2.75, 3.05) is 13.1 Å². The summed E-state index contributed by atoms with van der Waals surface area (Å²) in [7, 11) is 0. The Kier molecular flexibility index (Phi) is 5.81. The van der Waals surface area contributed by atoms with Gasteiger partial charge in [0.15, 0.2) is 0 Å². The highest BCUT2D eigenvalue weighted by atomic mass is 16.6. The van der Waals surface area contributed by atoms with Crippen molar-refractivity contribution < 1.29 is 9.53 Å². The molecule has 2 heterocycles. The average Bonchev–Trinajstić information content (AvgIpc) is 2.47. The molecule has 0 bridgehead atoms. The molecular weight excluding hydrogens is 276 g/mol. The van der Waals surface area contributed by atoms with Crippen molar-refractivity contribution in [3.05, 3.63) is 30.1 Å². The van der Waals surface area contributed by atoms with Crippen LogP contribution in [0.15, 0.2) is 24.4 Å². The van der Waals surface area contributed by atoms with E-state index in [0.29, 0.717) is 0 Å². The SMILES string of the molecule is CC(C)(C)OC(=O)N1CCC(CCCc2ccccn2)CC1. The van der Waals surface area contributed by atoms with E-state index in [9.17, 15) is 4.79 Å². The molecular formula is C18H28N2O2. The quantitative estimate of drug-likeness (QED) is 0.842. The van der Waals surface area contributed by atoms with E-state index in [2.05, 4.69) is 11.1 Å². The van der Waals surface area contributed by atoms with Crippen molar-refractivity contribution in [1.29, 1.82) is 0 Å². The number of amides is 1. The zero-order valence-electron chi connectivity index (χ0n) is 14.0. The van der Waals surface area contributed by atoms with Crippen molar-refractivity contribution in [3.8, 4) is 0 Å². The summed E-state index contributed by atoms with van der Waals surface area (Å²) in [6.45, 7) is 7.38. The van der Waals surface area contributed by atoms with Gasteiger partial charge in [-0.05, 0) is 70.9 Å². The van der Waals surface area contributed by atoms with Crippen LogP contribution in [0.5, 0.6) is 0 Å². The smallest absolute Gasteiger partial charge is 0.410 e. The second-order valence-corrected chi connectivity index (χ2v) is 7.12. The second-order valence-electron chi connectivity index (χ2n) is 7.12. The van der Waals surface area contributed by atoms with E-state index < -0.39 is 5.60 Å². The summed E-state index contributed by atoms with van der Waals surface area (Å²) in [5.74, 6) is 0.724. The molecule has 4 nitrogen and oxygen atoms in total. The minimum absolute atomic E-state index is 0.167. The molecule has 0 aliphatic carbocycles. The highest BCUT2D eigenvalue weighted by molar-refractivity contribution is 5.68. The van der Waals surface area contributed by atoms with Gasteiger partial charge < -0.3 is 9.64 Å². The molecule has 1 aromatic heterocycles. The van der Waals surface area contributed by atoms with Gasteiger partial charge >= 0.3 is 6.09 Å². The standard InChI is InChI=1S/C18H28N2O2/c1-18(2,3)22-17(21)20-13-10-15(11-14-20)7-6-9-16-8-4-5-12-19-16/h4-5,8,12,15H,6-7,9-11,13-14H2,1-3H3. The van der Waals surface area contributed by atoms with Gasteiger partial charge in [-0.15, -0.1) is 0 Å². The lowest BCUT2D eigenvalue weighted by Gasteiger charge is -2.33. The molecule has 22 heavy (non-hydrogen) atoms. The van der Waals surface area contributed by atoms with E-state index in [4.69, 9.17) is 4.74 Å². The monoisotopic (exact) mass is 304 g/mol. The first kappa shape index (κ1) is 16.8. The molecule has 0 atom stereocenters. The average molecular weight is 304 g/mol. The summed E-state index contributed by atoms with van der Waals surface area (Å²) < 4.78 is 5.43. The predicted octanol–water partition coefficient (Wildman–Crippen LogP) is 4.05. The van der Waals surface area contributed by atoms with E-state index in [-0.39, 0.29) is 6.09 Å². The molecule has 1 fully saturated rings. The van der Waals surface area contributed by atoms with Crippen LogP contribution >= 0.6 is 0 Å². The van der Waals surface area contributed by atoms with E-state index in [1.54, 1.807) is 0 Å². The Morgan fingerprint density at radius 2 is 2.05 bits per heavy atom. The summed E-state index contributed by atoms with van der Waals surface area (Å²) in [6.07, 6.45) is 7.30. The van der Waals surface area contributed by atoms with Gasteiger partial charge in [0.25, 0.3) is 0 Å². The van der Waals surface area contributed by atoms with Crippen LogP contribution in [0, 0.1) is 5.92 Å². The number of carbonyl (C=O) groups excluding carboxylic acids is 1. The first-order chi connectivity index (χ1) is 10.4. The minimum atomic E-state index is -0.406. The summed E-state index contributed by atoms with van der Waals surface area (Å²) >= 11 is 0. The maximum Gasteiger partial charge on any atom is 0.410 e. The lowest BCUT2D eigenvalue weighted by atomic mass is 9.91. The normalized spacial score (nSPS) is 16.6. The zero-order chi connectivity index (χ0) is 16.0. The second kappa shape index (κ2) is 7.61. The largest absolute Gasteiger partial charge is 0.444 e. The van der Waals surface area contributed by atoms with Gasteiger partial charge in [0, 0.05) is 25.0 Å². The Labute approximate surface area is 133 Å². The maximum atomic E-state index is 12.0. The molecule has 1 saturated heterocycles. The first-order valence-electron chi connectivity index (χ1n) is 8.32. The van der Waals surface area contributed by atoms with Crippen molar-refractivity contribution >= 4 is 6.09 Å². The van der Waals surface area contributed by atoms with Gasteiger partial charge in [0.2, 0.25) is 0 Å². The maximum absolute atomic E-state index is 12.0. The Morgan fingerprint density at radius 1 is 1.32 bits per heavy atom. The van der Waals surface area contributed by atoms with Crippen LogP contribution in [0.2, 0.25) is 0 Å². The number of aromatic nitrogens is 1. The van der Waals surface area contributed by atoms with Crippen LogP contribution in [0.3, 0.4) is 0 Å². The van der Waals surface area contributed by atoms with Gasteiger partial charge in [-0.3, -0.25) is 4.98 Å². The molecule has 2 rings (SSSR count). The molecule has 4 heteroatoms. The number of nitrogens with zero attached hydrogens (tertiary/aromatic N) is 2. The number of carbonyl (C=O) groups is 1. The van der Waals surface area contributed by atoms with E-state index in [0.717, 1.165) is 38.3 Å². The molecule has 1 aliphatic heterocycles. The molecule has 1 amide bonds. The third kappa shape index (κ3) is 5.66. The lowest BCUT2D eigenvalue weighted by Crippen LogP contribution is -2.41. The van der Waals surface area contributed by atoms with E-state index >= 15 is 0 Å². The van der Waals surface area contributed by atoms with Gasteiger partial charge in [-0.25, -0.2) is 4.79 Å². The number of aryl methyl sites for hydroxylation is 1. The summed E-state index contributed by atoms with van der Waals surface area (Å²) in [5, 5.41) is 0. The van der Waals surface area contributed by atoms with Crippen LogP contribution in [-0.2, 0) is 11.2 Å². The lowest BCUT2D eigenvalue weighted by molar-refractivity contribution is 0.0180. The third-order valence-corrected chi connectivity index (χ3v) is 4.04. The van der Waals surface area contributed by atoms with Gasteiger partial charge in [-0.1, -0.05) is 6.07 Å². The highest BCUT2D eigenvalue weighted by Gasteiger charge is 2.26. The van der Waals surface area contributed by atoms with E-state index in [1.807, 2.05) is 44.0 Å². The molecule has 0 unspecified atom stereocenters. The highest BCUT2D eigenvalue weighted by Crippen LogP contribution is 2.24. The number of piperidine rings is 1. The summed E-state index contributed by atoms with van der Waals surface area (Å²) in [6, 6.07) is 6.09. The predicted molar refractivity (Wildman–Crippen MR) is 87.7 cm³/mol. The minimum Gasteiger partial charge on any atom is -0.444 e. The summed E-state index contributed by atoms with van der Waals surface area (Å²) in [4.78, 5) is 18.2. The molecule has 0 saturated carbocycles. The zero-order valence-corrected chi connectivity index (χ0v) is 14.0. The van der Waals surface area contributed by atoms with Crippen molar-refractivity contribution in [2.45, 2.75) is 58.5 Å². The fourth-order valence-electron chi connectivity index (χ4n) is 2.85. The molecule has 0 aromatic carbocycles. The van der Waals surface area contributed by atoms with Crippen molar-refractivity contribution in [1.82, 2.24) is 9.88 Å². The molecule has 0 spiro atoms. The van der Waals surface area contributed by atoms with E-state index in [1.165, 1.54) is 18.5 Å². The van der Waals surface area contributed by atoms with Crippen LogP contribution < -0.4 is 0 Å². The Hall–Kier alpha value is -1.58. The molecule has 122 valence electrons. The van der Waals surface area contributed by atoms with Crippen LogP contribution in [0.25, 0.3) is 0 Å². The summed E-state index contributed by atoms with van der Waals surface area (Å²) in [5.41, 5.74) is 0.769. The fourth-order valence-corrected chi connectivity index (χ4v) is 2.85. The Morgan fingerprint density at radius 3 is 2.64 bits per heavy atom. The number of hydrogen-bond acceptors (Lipinski definition) is 3. The molecule has 1 aliphatic rings. The van der Waals surface area contributed by atoms with Gasteiger partial charge in [0.1, 0.15) is 5.60 Å². The fraction of sp³-hybridized carbons (Fsp3) is 0.667. The number of likely N-dealkylation sites (tertiary alicyclic amines) is 1. The Bertz CT molecular complexity index is 460. The number of rotatable bonds is 4. The van der Waals surface area contributed by atoms with Crippen LogP contribution in [0.1, 0.15) is 52.1 Å². The van der Waals surface area contributed by atoms with Crippen LogP contribution in [-0.4, -0.2) is 34.7 Å². The molecule has 1 aromatic rings. The van der Waals surface area contributed by atoms with Crippen LogP contribution in [0.4, 0.5) is 4.79 Å². The van der Waals surface area contributed by atoms with Gasteiger partial charge in [-0.2, -0.15) is 0 Å². The molecule has 0 radical (unpaired) electrons. The number of pyridine rings is 1. The number of ether oxygens (including phenoxy) is 1. The first-order valence-corrected chi connectivity index (χ1v) is 8.32. The van der Waals surface area contributed by atoms with Crippen molar-refractivity contribution in [3.63, 3.8) is 0 Å². The van der Waals surface area contributed by atoms with Crippen molar-refractivity contribution in [2.24, 2.45) is 5.92 Å².